The number of ether oxygens (including phenoxy) is 1. The molecule has 1 saturated heterocycles. The molecule has 2 fully saturated rings. The van der Waals surface area contributed by atoms with Gasteiger partial charge in [0.15, 0.2) is 6.10 Å². The number of sulfonamides is 1. The van der Waals surface area contributed by atoms with Crippen LogP contribution in [0.5, 0.6) is 0 Å². The standard InChI is InChI=1S/C21H29FN2O5S/c1-15(20(25)23-17-7-3-2-4-8-17)29-21(26)16-11-13-24(14-12-16)30(27,28)19-10-6-5-9-18(19)22/h5-6,9-10,15-17H,2-4,7-8,11-14H2,1H3,(H,23,25)/t15-/m0/s1. The molecule has 1 atom stereocenters. The minimum Gasteiger partial charge on any atom is -0.452 e. The van der Waals surface area contributed by atoms with E-state index in [0.29, 0.717) is 0 Å². The van der Waals surface area contributed by atoms with Crippen LogP contribution < -0.4 is 5.32 Å². The number of hydrogen-bond acceptors (Lipinski definition) is 5. The maximum atomic E-state index is 13.9. The molecule has 1 heterocycles. The predicted octanol–water partition coefficient (Wildman–Crippen LogP) is 2.61. The number of carbonyl (C=O) groups is 2. The number of benzene rings is 1. The van der Waals surface area contributed by atoms with Crippen LogP contribution in [-0.4, -0.2) is 49.8 Å². The molecule has 1 N–H and O–H groups in total. The van der Waals surface area contributed by atoms with E-state index in [4.69, 9.17) is 4.74 Å². The molecule has 7 nitrogen and oxygen atoms in total. The molecule has 30 heavy (non-hydrogen) atoms. The number of rotatable bonds is 6. The number of halogens is 1. The van der Waals surface area contributed by atoms with Crippen molar-refractivity contribution in [3.05, 3.63) is 30.1 Å². The zero-order chi connectivity index (χ0) is 21.7. The molecule has 0 radical (unpaired) electrons. The Balaban J connectivity index is 1.50. The second kappa shape index (κ2) is 9.87. The van der Waals surface area contributed by atoms with Gasteiger partial charge in [0, 0.05) is 19.1 Å². The van der Waals surface area contributed by atoms with Crippen LogP contribution in [-0.2, 0) is 24.3 Å². The fourth-order valence-corrected chi connectivity index (χ4v) is 5.55. The van der Waals surface area contributed by atoms with E-state index < -0.39 is 33.8 Å². The summed E-state index contributed by atoms with van der Waals surface area (Å²) in [5, 5.41) is 2.94. The predicted molar refractivity (Wildman–Crippen MR) is 108 cm³/mol. The van der Waals surface area contributed by atoms with Crippen molar-refractivity contribution in [2.75, 3.05) is 13.1 Å². The van der Waals surface area contributed by atoms with Gasteiger partial charge in [0.05, 0.1) is 5.92 Å². The highest BCUT2D eigenvalue weighted by Gasteiger charge is 2.35. The molecule has 1 aromatic rings. The third kappa shape index (κ3) is 5.37. The summed E-state index contributed by atoms with van der Waals surface area (Å²) >= 11 is 0. The topological polar surface area (TPSA) is 92.8 Å². The Kier molecular flexibility index (Phi) is 7.46. The molecule has 0 aromatic heterocycles. The van der Waals surface area contributed by atoms with Gasteiger partial charge in [-0.1, -0.05) is 31.4 Å². The molecular formula is C21H29FN2O5S. The van der Waals surface area contributed by atoms with Gasteiger partial charge < -0.3 is 10.1 Å². The van der Waals surface area contributed by atoms with Crippen LogP contribution in [0.15, 0.2) is 29.2 Å². The third-order valence-corrected chi connectivity index (χ3v) is 7.79. The quantitative estimate of drug-likeness (QED) is 0.687. The highest BCUT2D eigenvalue weighted by molar-refractivity contribution is 7.89. The number of nitrogens with zero attached hydrogens (tertiary/aromatic N) is 1. The number of hydrogen-bond donors (Lipinski definition) is 1. The van der Waals surface area contributed by atoms with Gasteiger partial charge in [0.25, 0.3) is 5.91 Å². The summed E-state index contributed by atoms with van der Waals surface area (Å²) in [6.45, 7) is 1.74. The zero-order valence-corrected chi connectivity index (χ0v) is 18.0. The average molecular weight is 441 g/mol. The fraction of sp³-hybridized carbons (Fsp3) is 0.619. The average Bonchev–Trinajstić information content (AvgIpc) is 2.74. The minimum absolute atomic E-state index is 0.0963. The van der Waals surface area contributed by atoms with E-state index >= 15 is 0 Å². The largest absolute Gasteiger partial charge is 0.452 e. The lowest BCUT2D eigenvalue weighted by Gasteiger charge is -2.31. The Morgan fingerprint density at radius 2 is 1.73 bits per heavy atom. The van der Waals surface area contributed by atoms with Crippen molar-refractivity contribution in [3.63, 3.8) is 0 Å². The number of carbonyl (C=O) groups excluding carboxylic acids is 2. The summed E-state index contributed by atoms with van der Waals surface area (Å²) in [7, 11) is -3.95. The molecular weight excluding hydrogens is 411 g/mol. The molecule has 9 heteroatoms. The molecule has 1 saturated carbocycles. The van der Waals surface area contributed by atoms with Gasteiger partial charge in [0.1, 0.15) is 10.7 Å². The van der Waals surface area contributed by atoms with Crippen LogP contribution in [0.3, 0.4) is 0 Å². The lowest BCUT2D eigenvalue weighted by atomic mass is 9.95. The van der Waals surface area contributed by atoms with Crippen molar-refractivity contribution in [3.8, 4) is 0 Å². The Labute approximate surface area is 177 Å². The van der Waals surface area contributed by atoms with Gasteiger partial charge in [-0.15, -0.1) is 0 Å². The maximum absolute atomic E-state index is 13.9. The lowest BCUT2D eigenvalue weighted by molar-refractivity contribution is -0.160. The van der Waals surface area contributed by atoms with E-state index in [1.807, 2.05) is 0 Å². The van der Waals surface area contributed by atoms with Crippen molar-refractivity contribution in [1.82, 2.24) is 9.62 Å². The van der Waals surface area contributed by atoms with Crippen LogP contribution in [0.25, 0.3) is 0 Å². The van der Waals surface area contributed by atoms with Gasteiger partial charge in [-0.25, -0.2) is 12.8 Å². The molecule has 2 aliphatic rings. The van der Waals surface area contributed by atoms with Crippen molar-refractivity contribution in [2.45, 2.75) is 68.9 Å². The first kappa shape index (κ1) is 22.7. The number of nitrogens with one attached hydrogen (secondary N) is 1. The van der Waals surface area contributed by atoms with Crippen molar-refractivity contribution in [1.29, 1.82) is 0 Å². The fourth-order valence-electron chi connectivity index (χ4n) is 4.01. The maximum Gasteiger partial charge on any atom is 0.309 e. The smallest absolute Gasteiger partial charge is 0.309 e. The highest BCUT2D eigenvalue weighted by atomic mass is 32.2. The van der Waals surface area contributed by atoms with Crippen LogP contribution in [0.2, 0.25) is 0 Å². The molecule has 166 valence electrons. The summed E-state index contributed by atoms with van der Waals surface area (Å²) in [6, 6.07) is 5.38. The van der Waals surface area contributed by atoms with Gasteiger partial charge in [-0.05, 0) is 44.7 Å². The van der Waals surface area contributed by atoms with Gasteiger partial charge in [0.2, 0.25) is 10.0 Å². The number of amides is 1. The van der Waals surface area contributed by atoms with Crippen molar-refractivity contribution < 1.29 is 27.1 Å². The van der Waals surface area contributed by atoms with E-state index in [0.717, 1.165) is 31.7 Å². The summed E-state index contributed by atoms with van der Waals surface area (Å²) in [5.41, 5.74) is 0. The molecule has 1 aliphatic carbocycles. The molecule has 1 aromatic carbocycles. The molecule has 0 spiro atoms. The van der Waals surface area contributed by atoms with Gasteiger partial charge in [-0.2, -0.15) is 4.31 Å². The Hall–Kier alpha value is -2.00. The van der Waals surface area contributed by atoms with Crippen LogP contribution >= 0.6 is 0 Å². The summed E-state index contributed by atoms with van der Waals surface area (Å²) in [5.74, 6) is -2.07. The summed E-state index contributed by atoms with van der Waals surface area (Å²) in [6.07, 6.45) is 4.90. The Morgan fingerprint density at radius 3 is 2.37 bits per heavy atom. The van der Waals surface area contributed by atoms with Crippen LogP contribution in [0, 0.1) is 11.7 Å². The second-order valence-corrected chi connectivity index (χ2v) is 9.94. The molecule has 0 unspecified atom stereocenters. The van der Waals surface area contributed by atoms with Crippen molar-refractivity contribution in [2.24, 2.45) is 5.92 Å². The lowest BCUT2D eigenvalue weighted by Crippen LogP contribution is -2.44. The Bertz CT molecular complexity index is 862. The molecule has 3 rings (SSSR count). The minimum atomic E-state index is -3.95. The van der Waals surface area contributed by atoms with Crippen LogP contribution in [0.4, 0.5) is 4.39 Å². The number of piperidine rings is 1. The van der Waals surface area contributed by atoms with E-state index in [1.54, 1.807) is 6.92 Å². The van der Waals surface area contributed by atoms with Gasteiger partial charge in [-0.3, -0.25) is 9.59 Å². The Morgan fingerprint density at radius 1 is 1.10 bits per heavy atom. The first-order valence-electron chi connectivity index (χ1n) is 10.5. The van der Waals surface area contributed by atoms with E-state index in [2.05, 4.69) is 5.32 Å². The monoisotopic (exact) mass is 440 g/mol. The van der Waals surface area contributed by atoms with E-state index in [-0.39, 0.29) is 42.8 Å². The SMILES string of the molecule is C[C@H](OC(=O)C1CCN(S(=O)(=O)c2ccccc2F)CC1)C(=O)NC1CCCCC1. The van der Waals surface area contributed by atoms with Crippen LogP contribution in [0.1, 0.15) is 51.9 Å². The molecule has 1 amide bonds. The van der Waals surface area contributed by atoms with E-state index in [1.165, 1.54) is 28.9 Å². The molecule has 1 aliphatic heterocycles. The first-order valence-corrected chi connectivity index (χ1v) is 12.0. The van der Waals surface area contributed by atoms with Gasteiger partial charge >= 0.3 is 5.97 Å². The normalized spacial score (nSPS) is 20.5. The first-order chi connectivity index (χ1) is 14.3. The molecule has 0 bridgehead atoms. The van der Waals surface area contributed by atoms with Crippen molar-refractivity contribution >= 4 is 21.9 Å². The third-order valence-electron chi connectivity index (χ3n) is 5.86. The zero-order valence-electron chi connectivity index (χ0n) is 17.2. The summed E-state index contributed by atoms with van der Waals surface area (Å²) < 4.78 is 45.8. The summed E-state index contributed by atoms with van der Waals surface area (Å²) in [4.78, 5) is 24.4. The highest BCUT2D eigenvalue weighted by Crippen LogP contribution is 2.26. The second-order valence-electron chi connectivity index (χ2n) is 8.03. The van der Waals surface area contributed by atoms with E-state index in [9.17, 15) is 22.4 Å². The number of esters is 1.